The second-order valence-corrected chi connectivity index (χ2v) is 6.67. The molecule has 0 amide bonds. The van der Waals surface area contributed by atoms with Gasteiger partial charge in [-0.15, -0.1) is 0 Å². The highest BCUT2D eigenvalue weighted by atomic mass is 15.2. The van der Waals surface area contributed by atoms with E-state index in [0.29, 0.717) is 0 Å². The van der Waals surface area contributed by atoms with Crippen molar-refractivity contribution in [1.29, 1.82) is 0 Å². The van der Waals surface area contributed by atoms with E-state index in [1.807, 2.05) is 0 Å². The molecule has 1 radical (unpaired) electrons. The molecule has 2 heterocycles. The van der Waals surface area contributed by atoms with Crippen LogP contribution >= 0.6 is 0 Å². The van der Waals surface area contributed by atoms with Crippen LogP contribution in [0.5, 0.6) is 0 Å². The summed E-state index contributed by atoms with van der Waals surface area (Å²) in [5, 5.41) is 4.70. The first kappa shape index (κ1) is 17.2. The zero-order valence-corrected chi connectivity index (χ0v) is 14.1. The standard InChI is InChI=1S/C16H34N5/c1-18-9-13-20(14-10-18)7-3-5-17-6-4-8-21-15-11-19(2)12-16-21/h3-16H2,1-2H3. The largest absolute Gasteiger partial charge is 0.304 e. The lowest BCUT2D eigenvalue weighted by Crippen LogP contribution is -2.45. The molecule has 0 spiro atoms. The van der Waals surface area contributed by atoms with Crippen molar-refractivity contribution in [3.63, 3.8) is 0 Å². The molecule has 2 aliphatic heterocycles. The predicted octanol–water partition coefficient (Wildman–Crippen LogP) is -0.134. The zero-order chi connectivity index (χ0) is 14.9. The van der Waals surface area contributed by atoms with E-state index < -0.39 is 0 Å². The summed E-state index contributed by atoms with van der Waals surface area (Å²) in [6, 6.07) is 0. The Morgan fingerprint density at radius 1 is 0.619 bits per heavy atom. The van der Waals surface area contributed by atoms with Gasteiger partial charge in [0, 0.05) is 65.4 Å². The van der Waals surface area contributed by atoms with Crippen LogP contribution in [-0.4, -0.2) is 112 Å². The van der Waals surface area contributed by atoms with E-state index in [1.54, 1.807) is 0 Å². The number of hydrogen-bond acceptors (Lipinski definition) is 4. The maximum Gasteiger partial charge on any atom is 0.0145 e. The third kappa shape index (κ3) is 7.06. The molecular weight excluding hydrogens is 262 g/mol. The Hall–Kier alpha value is -0.200. The molecule has 0 aromatic heterocycles. The van der Waals surface area contributed by atoms with Crippen LogP contribution in [0.4, 0.5) is 0 Å². The second-order valence-electron chi connectivity index (χ2n) is 6.67. The minimum Gasteiger partial charge on any atom is -0.304 e. The lowest BCUT2D eigenvalue weighted by molar-refractivity contribution is 0.150. The minimum atomic E-state index is 1.05. The number of rotatable bonds is 8. The summed E-state index contributed by atoms with van der Waals surface area (Å²) in [6.07, 6.45) is 2.47. The third-order valence-electron chi connectivity index (χ3n) is 4.77. The molecule has 2 rings (SSSR count). The first-order valence-corrected chi connectivity index (χ1v) is 8.69. The van der Waals surface area contributed by atoms with E-state index in [-0.39, 0.29) is 0 Å². The smallest absolute Gasteiger partial charge is 0.0145 e. The third-order valence-corrected chi connectivity index (χ3v) is 4.77. The fraction of sp³-hybridized carbons (Fsp3) is 1.00. The lowest BCUT2D eigenvalue weighted by atomic mass is 10.3. The van der Waals surface area contributed by atoms with Gasteiger partial charge in [0.15, 0.2) is 0 Å². The average molecular weight is 296 g/mol. The molecule has 21 heavy (non-hydrogen) atoms. The van der Waals surface area contributed by atoms with Gasteiger partial charge in [0.1, 0.15) is 0 Å². The summed E-state index contributed by atoms with van der Waals surface area (Å²) in [5.74, 6) is 0. The quantitative estimate of drug-likeness (QED) is 0.583. The first-order valence-electron chi connectivity index (χ1n) is 8.69. The van der Waals surface area contributed by atoms with Crippen LogP contribution in [0.1, 0.15) is 12.8 Å². The Morgan fingerprint density at radius 3 is 1.38 bits per heavy atom. The molecule has 5 nitrogen and oxygen atoms in total. The molecule has 2 saturated heterocycles. The van der Waals surface area contributed by atoms with Gasteiger partial charge < -0.3 is 19.6 Å². The van der Waals surface area contributed by atoms with Crippen molar-refractivity contribution >= 4 is 0 Å². The van der Waals surface area contributed by atoms with Gasteiger partial charge in [-0.1, -0.05) is 0 Å². The van der Waals surface area contributed by atoms with Crippen molar-refractivity contribution < 1.29 is 0 Å². The normalized spacial score (nSPS) is 23.7. The maximum atomic E-state index is 4.70. The molecule has 0 unspecified atom stereocenters. The van der Waals surface area contributed by atoms with Crippen LogP contribution in [0.2, 0.25) is 0 Å². The van der Waals surface area contributed by atoms with Crippen LogP contribution in [0.15, 0.2) is 0 Å². The van der Waals surface area contributed by atoms with E-state index >= 15 is 0 Å². The van der Waals surface area contributed by atoms with Gasteiger partial charge in [-0.3, -0.25) is 0 Å². The van der Waals surface area contributed by atoms with Crippen LogP contribution in [0.3, 0.4) is 0 Å². The van der Waals surface area contributed by atoms with Crippen molar-refractivity contribution in [3.05, 3.63) is 0 Å². The van der Waals surface area contributed by atoms with Crippen molar-refractivity contribution in [2.75, 3.05) is 92.6 Å². The Morgan fingerprint density at radius 2 is 1.00 bits per heavy atom. The number of piperazine rings is 2. The average Bonchev–Trinajstić information content (AvgIpc) is 2.50. The molecule has 0 saturated carbocycles. The summed E-state index contributed by atoms with van der Waals surface area (Å²) in [6.45, 7) is 14.4. The summed E-state index contributed by atoms with van der Waals surface area (Å²) in [4.78, 5) is 10.00. The number of nitrogens with zero attached hydrogens (tertiary/aromatic N) is 5. The van der Waals surface area contributed by atoms with Crippen LogP contribution in [-0.2, 0) is 0 Å². The summed E-state index contributed by atoms with van der Waals surface area (Å²) in [7, 11) is 4.43. The molecule has 0 atom stereocenters. The van der Waals surface area contributed by atoms with Crippen molar-refractivity contribution in [3.8, 4) is 0 Å². The molecule has 5 heteroatoms. The molecule has 2 fully saturated rings. The summed E-state index contributed by atoms with van der Waals surface area (Å²) in [5.41, 5.74) is 0. The van der Waals surface area contributed by atoms with Gasteiger partial charge >= 0.3 is 0 Å². The van der Waals surface area contributed by atoms with Gasteiger partial charge in [-0.25, -0.2) is 5.32 Å². The first-order chi connectivity index (χ1) is 10.2. The van der Waals surface area contributed by atoms with E-state index in [2.05, 4.69) is 33.7 Å². The Kier molecular flexibility index (Phi) is 7.96. The van der Waals surface area contributed by atoms with Gasteiger partial charge in [0.25, 0.3) is 0 Å². The van der Waals surface area contributed by atoms with E-state index in [9.17, 15) is 0 Å². The van der Waals surface area contributed by atoms with Gasteiger partial charge in [0.05, 0.1) is 0 Å². The van der Waals surface area contributed by atoms with Crippen LogP contribution in [0, 0.1) is 0 Å². The van der Waals surface area contributed by atoms with E-state index in [1.165, 1.54) is 78.3 Å². The molecule has 0 aromatic carbocycles. The fourth-order valence-electron chi connectivity index (χ4n) is 3.07. The van der Waals surface area contributed by atoms with Gasteiger partial charge in [-0.2, -0.15) is 0 Å². The van der Waals surface area contributed by atoms with E-state index in [4.69, 9.17) is 5.32 Å². The Balaban J connectivity index is 1.37. The lowest BCUT2D eigenvalue weighted by Gasteiger charge is -2.32. The molecule has 0 N–H and O–H groups in total. The highest BCUT2D eigenvalue weighted by Gasteiger charge is 2.13. The molecule has 0 aliphatic carbocycles. The number of likely N-dealkylation sites (N-methyl/N-ethyl adjacent to an activating group) is 2. The van der Waals surface area contributed by atoms with Crippen molar-refractivity contribution in [1.82, 2.24) is 24.9 Å². The molecule has 123 valence electrons. The SMILES string of the molecule is CN1CCN(CCC[N]CCCN2CCN(C)CC2)CC1. The Labute approximate surface area is 131 Å². The van der Waals surface area contributed by atoms with Crippen molar-refractivity contribution in [2.24, 2.45) is 0 Å². The van der Waals surface area contributed by atoms with Gasteiger partial charge in [-0.05, 0) is 40.0 Å². The van der Waals surface area contributed by atoms with Crippen molar-refractivity contribution in [2.45, 2.75) is 12.8 Å². The monoisotopic (exact) mass is 296 g/mol. The number of hydrogen-bond donors (Lipinski definition) is 0. The van der Waals surface area contributed by atoms with Crippen LogP contribution in [0.25, 0.3) is 0 Å². The van der Waals surface area contributed by atoms with Gasteiger partial charge in [0.2, 0.25) is 0 Å². The predicted molar refractivity (Wildman–Crippen MR) is 89.0 cm³/mol. The second kappa shape index (κ2) is 9.74. The molecule has 0 aromatic rings. The Bertz CT molecular complexity index is 231. The summed E-state index contributed by atoms with van der Waals surface area (Å²) < 4.78 is 0. The zero-order valence-electron chi connectivity index (χ0n) is 14.1. The minimum absolute atomic E-state index is 1.05. The highest BCUT2D eigenvalue weighted by molar-refractivity contribution is 4.70. The topological polar surface area (TPSA) is 27.1 Å². The molecule has 0 bridgehead atoms. The molecule has 2 aliphatic rings. The molecular formula is C16H34N5. The highest BCUT2D eigenvalue weighted by Crippen LogP contribution is 2.01. The maximum absolute atomic E-state index is 4.70. The fourth-order valence-corrected chi connectivity index (χ4v) is 3.07. The summed E-state index contributed by atoms with van der Waals surface area (Å²) >= 11 is 0. The van der Waals surface area contributed by atoms with Crippen LogP contribution < -0.4 is 5.32 Å². The van der Waals surface area contributed by atoms with E-state index in [0.717, 1.165) is 13.1 Å².